The Morgan fingerprint density at radius 1 is 0.852 bits per heavy atom. The third-order valence-corrected chi connectivity index (χ3v) is 3.49. The van der Waals surface area contributed by atoms with E-state index in [9.17, 15) is 24.0 Å². The van der Waals surface area contributed by atoms with Gasteiger partial charge in [0.25, 0.3) is 0 Å². The molecule has 2 unspecified atom stereocenters. The molecule has 9 N–H and O–H groups in total. The number of aliphatic carboxylic acids is 2. The van der Waals surface area contributed by atoms with Gasteiger partial charge in [0, 0.05) is 6.42 Å². The van der Waals surface area contributed by atoms with Crippen LogP contribution in [0.1, 0.15) is 32.1 Å². The average Bonchev–Trinajstić information content (AvgIpc) is 2.61. The highest BCUT2D eigenvalue weighted by Crippen LogP contribution is 2.04. The Bertz CT molecular complexity index is 541. The molecule has 0 aliphatic carbocycles. The molecule has 3 amide bonds. The highest BCUT2D eigenvalue weighted by atomic mass is 16.4. The minimum atomic E-state index is -1.40. The van der Waals surface area contributed by atoms with E-state index in [1.54, 1.807) is 0 Å². The number of carboxylic acid groups (broad SMARTS) is 2. The van der Waals surface area contributed by atoms with Crippen molar-refractivity contribution in [3.8, 4) is 0 Å². The Morgan fingerprint density at radius 3 is 2.04 bits per heavy atom. The number of nitrogens with one attached hydrogen (secondary N) is 3. The molecular weight excluding hydrogens is 362 g/mol. The second kappa shape index (κ2) is 13.5. The fourth-order valence-corrected chi connectivity index (χ4v) is 2.06. The Balaban J connectivity index is 4.88. The van der Waals surface area contributed by atoms with Crippen LogP contribution in [0.2, 0.25) is 0 Å². The number of hydrogen-bond donors (Lipinski definition) is 7. The molecule has 0 aliphatic rings. The van der Waals surface area contributed by atoms with Gasteiger partial charge in [-0.25, -0.2) is 4.79 Å². The second-order valence-corrected chi connectivity index (χ2v) is 5.72. The summed E-state index contributed by atoms with van der Waals surface area (Å²) in [4.78, 5) is 57.1. The normalized spacial score (nSPS) is 12.5. The summed E-state index contributed by atoms with van der Waals surface area (Å²) < 4.78 is 0. The van der Waals surface area contributed by atoms with Gasteiger partial charge in [-0.1, -0.05) is 0 Å². The zero-order valence-electron chi connectivity index (χ0n) is 14.9. The van der Waals surface area contributed by atoms with Gasteiger partial charge in [-0.2, -0.15) is 0 Å². The number of nitrogens with two attached hydrogens (primary N) is 2. The van der Waals surface area contributed by atoms with Gasteiger partial charge in [0.15, 0.2) is 0 Å². The maximum absolute atomic E-state index is 12.4. The van der Waals surface area contributed by atoms with E-state index in [-0.39, 0.29) is 19.4 Å². The zero-order chi connectivity index (χ0) is 20.8. The molecule has 0 fully saturated rings. The van der Waals surface area contributed by atoms with Gasteiger partial charge in [-0.05, 0) is 32.2 Å². The first-order chi connectivity index (χ1) is 12.7. The summed E-state index contributed by atoms with van der Waals surface area (Å²) in [5.74, 6) is -4.54. The van der Waals surface area contributed by atoms with Crippen LogP contribution < -0.4 is 27.4 Å². The van der Waals surface area contributed by atoms with Crippen LogP contribution in [0, 0.1) is 0 Å². The van der Waals surface area contributed by atoms with Gasteiger partial charge >= 0.3 is 11.9 Å². The lowest BCUT2D eigenvalue weighted by atomic mass is 10.1. The van der Waals surface area contributed by atoms with Crippen LogP contribution in [0.15, 0.2) is 0 Å². The molecular formula is C15H27N5O7. The van der Waals surface area contributed by atoms with Crippen LogP contribution in [-0.4, -0.2) is 71.6 Å². The highest BCUT2D eigenvalue weighted by Gasteiger charge is 2.26. The Kier molecular flexibility index (Phi) is 12.1. The Morgan fingerprint density at radius 2 is 1.52 bits per heavy atom. The number of rotatable bonds is 14. The van der Waals surface area contributed by atoms with Gasteiger partial charge in [0.1, 0.15) is 12.1 Å². The second-order valence-electron chi connectivity index (χ2n) is 5.72. The zero-order valence-corrected chi connectivity index (χ0v) is 14.9. The summed E-state index contributed by atoms with van der Waals surface area (Å²) in [5, 5.41) is 24.7. The average molecular weight is 389 g/mol. The minimum Gasteiger partial charge on any atom is -0.481 e. The molecule has 154 valence electrons. The van der Waals surface area contributed by atoms with Gasteiger partial charge in [0.2, 0.25) is 17.7 Å². The molecule has 0 heterocycles. The predicted octanol–water partition coefficient (Wildman–Crippen LogP) is -2.89. The number of hydrogen-bond acceptors (Lipinski definition) is 7. The Hall–Kier alpha value is -2.73. The molecule has 0 aromatic heterocycles. The van der Waals surface area contributed by atoms with Crippen molar-refractivity contribution in [1.29, 1.82) is 0 Å². The van der Waals surface area contributed by atoms with E-state index in [2.05, 4.69) is 16.0 Å². The predicted molar refractivity (Wildman–Crippen MR) is 93.3 cm³/mol. The molecule has 12 nitrogen and oxygen atoms in total. The molecule has 0 saturated carbocycles. The molecule has 0 aromatic carbocycles. The third kappa shape index (κ3) is 11.5. The number of carbonyl (C=O) groups excluding carboxylic acids is 3. The van der Waals surface area contributed by atoms with Crippen LogP contribution in [0.3, 0.4) is 0 Å². The summed E-state index contributed by atoms with van der Waals surface area (Å²) in [6.07, 6.45) is 0.547. The first-order valence-corrected chi connectivity index (χ1v) is 8.42. The summed E-state index contributed by atoms with van der Waals surface area (Å²) in [5.41, 5.74) is 10.5. The summed E-state index contributed by atoms with van der Waals surface area (Å²) in [7, 11) is 0. The molecule has 0 saturated heterocycles. The van der Waals surface area contributed by atoms with Gasteiger partial charge < -0.3 is 37.6 Å². The quantitative estimate of drug-likeness (QED) is 0.152. The van der Waals surface area contributed by atoms with Crippen LogP contribution in [0.5, 0.6) is 0 Å². The lowest BCUT2D eigenvalue weighted by molar-refractivity contribution is -0.143. The van der Waals surface area contributed by atoms with Gasteiger partial charge in [-0.15, -0.1) is 0 Å². The summed E-state index contributed by atoms with van der Waals surface area (Å²) >= 11 is 0. The largest absolute Gasteiger partial charge is 0.481 e. The van der Waals surface area contributed by atoms with E-state index in [1.807, 2.05) is 0 Å². The van der Waals surface area contributed by atoms with Crippen LogP contribution >= 0.6 is 0 Å². The topological polar surface area (TPSA) is 214 Å². The minimum absolute atomic E-state index is 0.199. The molecule has 0 radical (unpaired) electrons. The molecule has 0 aliphatic heterocycles. The molecule has 0 aromatic rings. The van der Waals surface area contributed by atoms with E-state index >= 15 is 0 Å². The van der Waals surface area contributed by atoms with Crippen molar-refractivity contribution in [3.05, 3.63) is 0 Å². The molecule has 0 rings (SSSR count). The monoisotopic (exact) mass is 389 g/mol. The van der Waals surface area contributed by atoms with E-state index in [1.165, 1.54) is 0 Å². The van der Waals surface area contributed by atoms with Gasteiger partial charge in [0.05, 0.1) is 13.1 Å². The van der Waals surface area contributed by atoms with Crippen molar-refractivity contribution < 1.29 is 34.2 Å². The van der Waals surface area contributed by atoms with Crippen molar-refractivity contribution in [2.75, 3.05) is 19.6 Å². The summed E-state index contributed by atoms with van der Waals surface area (Å²) in [6, 6.07) is -2.45. The fourth-order valence-electron chi connectivity index (χ4n) is 2.06. The van der Waals surface area contributed by atoms with E-state index in [0.717, 1.165) is 0 Å². The van der Waals surface area contributed by atoms with Gasteiger partial charge in [-0.3, -0.25) is 19.2 Å². The van der Waals surface area contributed by atoms with Crippen molar-refractivity contribution in [3.63, 3.8) is 0 Å². The molecule has 27 heavy (non-hydrogen) atoms. The standard InChI is InChI=1S/C15H27N5O7/c16-6-2-1-3-9(19-12(22)8-18-11(21)7-17)14(25)20-10(15(26)27)4-5-13(23)24/h9-10H,1-8,16-17H2,(H,18,21)(H,19,22)(H,20,25)(H,23,24)(H,26,27). The number of carboxylic acids is 2. The molecule has 2 atom stereocenters. The molecule has 0 bridgehead atoms. The first kappa shape index (κ1) is 24.3. The lowest BCUT2D eigenvalue weighted by Crippen LogP contribution is -2.53. The molecule has 0 spiro atoms. The highest BCUT2D eigenvalue weighted by molar-refractivity contribution is 5.92. The maximum atomic E-state index is 12.4. The fraction of sp³-hybridized carbons (Fsp3) is 0.667. The van der Waals surface area contributed by atoms with Crippen LogP contribution in [0.25, 0.3) is 0 Å². The van der Waals surface area contributed by atoms with Crippen LogP contribution in [-0.2, 0) is 24.0 Å². The van der Waals surface area contributed by atoms with Crippen molar-refractivity contribution in [2.24, 2.45) is 11.5 Å². The lowest BCUT2D eigenvalue weighted by Gasteiger charge is -2.21. The number of unbranched alkanes of at least 4 members (excludes halogenated alkanes) is 1. The van der Waals surface area contributed by atoms with E-state index in [4.69, 9.17) is 21.7 Å². The number of amides is 3. The number of carbonyl (C=O) groups is 5. The Labute approximate surface area is 156 Å². The van der Waals surface area contributed by atoms with E-state index in [0.29, 0.717) is 19.4 Å². The van der Waals surface area contributed by atoms with Crippen molar-refractivity contribution >= 4 is 29.7 Å². The third-order valence-electron chi connectivity index (χ3n) is 3.49. The first-order valence-electron chi connectivity index (χ1n) is 8.42. The molecule has 12 heteroatoms. The van der Waals surface area contributed by atoms with E-state index < -0.39 is 54.7 Å². The summed E-state index contributed by atoms with van der Waals surface area (Å²) in [6.45, 7) is -0.305. The smallest absolute Gasteiger partial charge is 0.326 e. The SMILES string of the molecule is NCCCCC(NC(=O)CNC(=O)CN)C(=O)NC(CCC(=O)O)C(=O)O. The van der Waals surface area contributed by atoms with Crippen molar-refractivity contribution in [1.82, 2.24) is 16.0 Å². The van der Waals surface area contributed by atoms with Crippen LogP contribution in [0.4, 0.5) is 0 Å². The maximum Gasteiger partial charge on any atom is 0.326 e. The van der Waals surface area contributed by atoms with Crippen molar-refractivity contribution in [2.45, 2.75) is 44.2 Å².